The molecule has 0 saturated heterocycles. The molecule has 0 radical (unpaired) electrons. The van der Waals surface area contributed by atoms with Crippen molar-refractivity contribution in [2.45, 2.75) is 63.9 Å². The monoisotopic (exact) mass is 502 g/mol. The first-order valence-electron chi connectivity index (χ1n) is 11.9. The van der Waals surface area contributed by atoms with Crippen molar-refractivity contribution in [2.75, 3.05) is 14.2 Å². The van der Waals surface area contributed by atoms with Crippen molar-refractivity contribution in [3.8, 4) is 11.5 Å². The van der Waals surface area contributed by atoms with Gasteiger partial charge in [0.1, 0.15) is 28.7 Å². The Bertz CT molecular complexity index is 1200. The highest BCUT2D eigenvalue weighted by Crippen LogP contribution is 2.46. The van der Waals surface area contributed by atoms with Crippen molar-refractivity contribution in [3.63, 3.8) is 0 Å². The summed E-state index contributed by atoms with van der Waals surface area (Å²) < 4.78 is 17.0. The fourth-order valence-electron chi connectivity index (χ4n) is 5.34. The molecule has 1 aromatic heterocycles. The minimum atomic E-state index is -0.827. The van der Waals surface area contributed by atoms with E-state index in [2.05, 4.69) is 9.97 Å². The van der Waals surface area contributed by atoms with Gasteiger partial charge in [-0.25, -0.2) is 9.78 Å². The number of H-pyrrole nitrogens is 1. The normalized spacial score (nSPS) is 20.7. The van der Waals surface area contributed by atoms with Gasteiger partial charge in [0.25, 0.3) is 5.56 Å². The Morgan fingerprint density at radius 3 is 2.51 bits per heavy atom. The molecule has 9 heteroatoms. The van der Waals surface area contributed by atoms with Crippen LogP contribution in [0, 0.1) is 12.8 Å². The largest absolute Gasteiger partial charge is 0.512 e. The molecular weight excluding hydrogens is 472 g/mol. The number of aliphatic hydroxyl groups is 1. The molecule has 1 unspecified atom stereocenters. The minimum absolute atomic E-state index is 0.00275. The third kappa shape index (κ3) is 5.32. The van der Waals surface area contributed by atoms with Crippen LogP contribution in [0.2, 0.25) is 5.02 Å². The summed E-state index contributed by atoms with van der Waals surface area (Å²) in [4.78, 5) is 31.9. The number of aliphatic hydroxyl groups excluding tert-OH is 1. The van der Waals surface area contributed by atoms with Crippen molar-refractivity contribution in [1.82, 2.24) is 9.97 Å². The number of aryl methyl sites for hydroxylation is 2. The molecule has 1 aromatic carbocycles. The summed E-state index contributed by atoms with van der Waals surface area (Å²) in [6, 6.07) is 4.94. The van der Waals surface area contributed by atoms with Crippen molar-refractivity contribution in [1.29, 1.82) is 0 Å². The van der Waals surface area contributed by atoms with Crippen LogP contribution < -0.4 is 15.0 Å². The number of nitrogens with one attached hydrogen (secondary N) is 1. The molecule has 2 aromatic rings. The fourth-order valence-corrected chi connectivity index (χ4v) is 5.61. The first-order chi connectivity index (χ1) is 16.7. The minimum Gasteiger partial charge on any atom is -0.512 e. The van der Waals surface area contributed by atoms with Gasteiger partial charge in [0.15, 0.2) is 0 Å². The number of benzene rings is 1. The van der Waals surface area contributed by atoms with E-state index in [0.29, 0.717) is 40.9 Å². The molecule has 1 fully saturated rings. The van der Waals surface area contributed by atoms with E-state index in [1.807, 2.05) is 6.07 Å². The van der Waals surface area contributed by atoms with Crippen molar-refractivity contribution in [3.05, 3.63) is 62.0 Å². The van der Waals surface area contributed by atoms with E-state index < -0.39 is 11.6 Å². The van der Waals surface area contributed by atoms with Crippen molar-refractivity contribution >= 4 is 17.6 Å². The van der Waals surface area contributed by atoms with E-state index in [0.717, 1.165) is 31.2 Å². The third-order valence-corrected chi connectivity index (χ3v) is 7.39. The molecule has 0 spiro atoms. The zero-order valence-corrected chi connectivity index (χ0v) is 21.0. The first-order valence-corrected chi connectivity index (χ1v) is 12.2. The molecular formula is C26H31ClN2O6. The topological polar surface area (TPSA) is 111 Å². The molecule has 2 heterocycles. The van der Waals surface area contributed by atoms with Crippen molar-refractivity contribution < 1.29 is 24.1 Å². The van der Waals surface area contributed by atoms with E-state index in [1.165, 1.54) is 6.07 Å². The number of methoxy groups -OCH3 is 2. The van der Waals surface area contributed by atoms with Gasteiger partial charge in [-0.1, -0.05) is 24.4 Å². The summed E-state index contributed by atoms with van der Waals surface area (Å²) in [7, 11) is 3.13. The SMILES string of the molecule is COc1cc(OC)c(CCC2(C3CCCC3)CC(O)=C(Cc3nc(C)cc(=O)[nH]3)C(=O)O2)cc1Cl. The average molecular weight is 503 g/mol. The van der Waals surface area contributed by atoms with Gasteiger partial charge in [0.2, 0.25) is 0 Å². The molecule has 4 rings (SSSR count). The number of carbonyl (C=O) groups is 1. The lowest BCUT2D eigenvalue weighted by atomic mass is 9.76. The fraction of sp³-hybridized carbons (Fsp3) is 0.500. The van der Waals surface area contributed by atoms with Gasteiger partial charge in [-0.05, 0) is 50.2 Å². The van der Waals surface area contributed by atoms with Gasteiger partial charge >= 0.3 is 5.97 Å². The summed E-state index contributed by atoms with van der Waals surface area (Å²) >= 11 is 6.36. The van der Waals surface area contributed by atoms with Crippen LogP contribution >= 0.6 is 11.6 Å². The smallest absolute Gasteiger partial charge is 0.338 e. The van der Waals surface area contributed by atoms with Crippen LogP contribution in [0.4, 0.5) is 0 Å². The van der Waals surface area contributed by atoms with Crippen LogP contribution in [0.3, 0.4) is 0 Å². The average Bonchev–Trinajstić information content (AvgIpc) is 3.35. The Morgan fingerprint density at radius 1 is 1.17 bits per heavy atom. The summed E-state index contributed by atoms with van der Waals surface area (Å²) in [5.74, 6) is 1.06. The quantitative estimate of drug-likeness (QED) is 0.507. The number of carbonyl (C=O) groups excluding carboxylic acids is 1. The number of ether oxygens (including phenoxy) is 3. The van der Waals surface area contributed by atoms with Gasteiger partial charge in [-0.15, -0.1) is 0 Å². The molecule has 2 aliphatic rings. The maximum Gasteiger partial charge on any atom is 0.338 e. The maximum atomic E-state index is 13.2. The lowest BCUT2D eigenvalue weighted by molar-refractivity contribution is -0.167. The molecule has 0 bridgehead atoms. The second kappa shape index (κ2) is 10.3. The molecule has 2 N–H and O–H groups in total. The zero-order valence-electron chi connectivity index (χ0n) is 20.3. The van der Waals surface area contributed by atoms with Gasteiger partial charge in [-0.2, -0.15) is 0 Å². The summed E-state index contributed by atoms with van der Waals surface area (Å²) in [5.41, 5.74) is 0.427. The number of aromatic nitrogens is 2. The second-order valence-electron chi connectivity index (χ2n) is 9.35. The summed E-state index contributed by atoms with van der Waals surface area (Å²) in [5, 5.41) is 11.5. The highest BCUT2D eigenvalue weighted by molar-refractivity contribution is 6.32. The van der Waals surface area contributed by atoms with Gasteiger partial charge in [-0.3, -0.25) is 4.79 Å². The van der Waals surface area contributed by atoms with Gasteiger partial charge in [0.05, 0.1) is 24.8 Å². The van der Waals surface area contributed by atoms with E-state index in [4.69, 9.17) is 25.8 Å². The number of cyclic esters (lactones) is 1. The predicted molar refractivity (Wildman–Crippen MR) is 131 cm³/mol. The van der Waals surface area contributed by atoms with E-state index in [-0.39, 0.29) is 35.7 Å². The molecule has 0 amide bonds. The molecule has 8 nitrogen and oxygen atoms in total. The zero-order chi connectivity index (χ0) is 25.2. The molecule has 1 atom stereocenters. The van der Waals surface area contributed by atoms with Crippen molar-refractivity contribution in [2.24, 2.45) is 5.92 Å². The highest BCUT2D eigenvalue weighted by Gasteiger charge is 2.48. The summed E-state index contributed by atoms with van der Waals surface area (Å²) in [6.45, 7) is 1.71. The molecule has 188 valence electrons. The molecule has 35 heavy (non-hydrogen) atoms. The summed E-state index contributed by atoms with van der Waals surface area (Å²) in [6.07, 6.45) is 5.28. The number of rotatable bonds is 8. The van der Waals surface area contributed by atoms with Crippen LogP contribution in [-0.2, 0) is 22.4 Å². The maximum absolute atomic E-state index is 13.2. The number of halogens is 1. The lowest BCUT2D eigenvalue weighted by Crippen LogP contribution is -2.46. The standard InChI is InChI=1S/C26H31ClN2O6/c1-15-10-24(31)29-23(28-15)12-18-20(30)14-26(35-25(18)32,17-6-4-5-7-17)9-8-16-11-19(27)22(34-3)13-21(16)33-2/h10-11,13,17,30H,4-9,12,14H2,1-3H3,(H,28,29,31). The highest BCUT2D eigenvalue weighted by atomic mass is 35.5. The van der Waals surface area contributed by atoms with Crippen LogP contribution in [-0.4, -0.2) is 40.9 Å². The van der Waals surface area contributed by atoms with Crippen LogP contribution in [0.1, 0.15) is 55.6 Å². The van der Waals surface area contributed by atoms with E-state index in [9.17, 15) is 14.7 Å². The number of hydrogen-bond donors (Lipinski definition) is 2. The Morgan fingerprint density at radius 2 is 1.89 bits per heavy atom. The Balaban J connectivity index is 1.62. The van der Waals surface area contributed by atoms with E-state index in [1.54, 1.807) is 27.2 Å². The number of nitrogens with zero attached hydrogens (tertiary/aromatic N) is 1. The predicted octanol–water partition coefficient (Wildman–Crippen LogP) is 4.61. The number of aromatic amines is 1. The Kier molecular flexibility index (Phi) is 7.40. The van der Waals surface area contributed by atoms with Crippen LogP contribution in [0.5, 0.6) is 11.5 Å². The molecule has 1 aliphatic heterocycles. The van der Waals surface area contributed by atoms with Gasteiger partial charge in [0, 0.05) is 30.7 Å². The third-order valence-electron chi connectivity index (χ3n) is 7.09. The number of hydrogen-bond acceptors (Lipinski definition) is 7. The van der Waals surface area contributed by atoms with E-state index >= 15 is 0 Å². The van der Waals surface area contributed by atoms with Crippen LogP contribution in [0.15, 0.2) is 34.3 Å². The Hall–Kier alpha value is -3.00. The Labute approximate surface area is 209 Å². The van der Waals surface area contributed by atoms with Crippen LogP contribution in [0.25, 0.3) is 0 Å². The lowest BCUT2D eigenvalue weighted by Gasteiger charge is -2.42. The van der Waals surface area contributed by atoms with Gasteiger partial charge < -0.3 is 24.3 Å². The molecule has 1 aliphatic carbocycles. The number of esters is 1. The first kappa shape index (κ1) is 25.1. The second-order valence-corrected chi connectivity index (χ2v) is 9.75. The molecule has 1 saturated carbocycles.